The van der Waals surface area contributed by atoms with Gasteiger partial charge in [0.25, 0.3) is 0 Å². The van der Waals surface area contributed by atoms with Crippen LogP contribution in [0.15, 0.2) is 41.5 Å². The summed E-state index contributed by atoms with van der Waals surface area (Å²) < 4.78 is 6.34. The van der Waals surface area contributed by atoms with Crippen LogP contribution in [0.5, 0.6) is 0 Å². The monoisotopic (exact) mass is 180 g/mol. The van der Waals surface area contributed by atoms with Crippen molar-refractivity contribution < 1.29 is 9.21 Å². The zero-order valence-electron chi connectivity index (χ0n) is 7.68. The van der Waals surface area contributed by atoms with Gasteiger partial charge in [-0.15, -0.1) is 0 Å². The minimum Gasteiger partial charge on any atom is -0.471 e. The molecule has 1 rings (SSSR count). The summed E-state index contributed by atoms with van der Waals surface area (Å²) in [5.41, 5.74) is 0. The highest BCUT2D eigenvalue weighted by Crippen LogP contribution is 1.90. The van der Waals surface area contributed by atoms with Crippen LogP contribution in [0.4, 0.5) is 4.79 Å². The van der Waals surface area contributed by atoms with Gasteiger partial charge >= 0.3 is 6.03 Å². The molecule has 4 heteroatoms. The lowest BCUT2D eigenvalue weighted by Crippen LogP contribution is -2.26. The fraction of sp³-hybridized carbons (Fsp3) is 0.222. The maximum Gasteiger partial charge on any atom is 0.327 e. The molecule has 1 aromatic rings. The van der Waals surface area contributed by atoms with Crippen LogP contribution in [-0.4, -0.2) is 29.6 Å². The molecule has 13 heavy (non-hydrogen) atoms. The molecule has 0 atom stereocenters. The van der Waals surface area contributed by atoms with Crippen LogP contribution in [0.25, 0.3) is 0 Å². The van der Waals surface area contributed by atoms with E-state index in [4.69, 9.17) is 4.42 Å². The second-order valence-corrected chi connectivity index (χ2v) is 2.68. The third-order valence-electron chi connectivity index (χ3n) is 1.42. The normalized spacial score (nSPS) is 9.08. The van der Waals surface area contributed by atoms with Crippen molar-refractivity contribution in [3.05, 3.63) is 37.1 Å². The summed E-state index contributed by atoms with van der Waals surface area (Å²) in [6, 6.07) is 3.32. The van der Waals surface area contributed by atoms with Gasteiger partial charge in [-0.25, -0.2) is 4.79 Å². The van der Waals surface area contributed by atoms with Crippen LogP contribution in [-0.2, 0) is 0 Å². The van der Waals surface area contributed by atoms with Crippen LogP contribution in [0, 0.1) is 0 Å². The Morgan fingerprint density at radius 2 is 2.00 bits per heavy atom. The molecule has 1 heterocycles. The summed E-state index contributed by atoms with van der Waals surface area (Å²) in [6.45, 7) is 0. The first-order valence-corrected chi connectivity index (χ1v) is 3.87. The van der Waals surface area contributed by atoms with Crippen molar-refractivity contribution in [2.45, 2.75) is 0 Å². The maximum absolute atomic E-state index is 11.4. The molecule has 0 aliphatic rings. The van der Waals surface area contributed by atoms with Gasteiger partial charge in [0.1, 0.15) is 6.26 Å². The third kappa shape index (κ3) is 2.66. The standard InChI is InChI=1S/C9H12N2O2/c1-10(2)9(12)11-5-3-4-7-13-8-6-11/h3-8H,1-2H3. The topological polar surface area (TPSA) is 38.4 Å². The number of hydrogen-bond donors (Lipinski definition) is 0. The van der Waals surface area contributed by atoms with E-state index in [1.807, 2.05) is 0 Å². The summed E-state index contributed by atoms with van der Waals surface area (Å²) in [6.07, 6.45) is 6.20. The molecule has 0 radical (unpaired) electrons. The summed E-state index contributed by atoms with van der Waals surface area (Å²) in [7, 11) is 3.39. The molecule has 0 aliphatic carbocycles. The van der Waals surface area contributed by atoms with Gasteiger partial charge in [-0.05, 0) is 12.1 Å². The fourth-order valence-corrected chi connectivity index (χ4v) is 0.787. The SMILES string of the molecule is CN(C)C(=O)n1ccccocc1. The Bertz CT molecular complexity index is 304. The number of carbonyl (C=O) groups excluding carboxylic acids is 1. The number of amides is 1. The van der Waals surface area contributed by atoms with Crippen LogP contribution in [0.1, 0.15) is 0 Å². The van der Waals surface area contributed by atoms with Crippen molar-refractivity contribution in [3.8, 4) is 0 Å². The lowest BCUT2D eigenvalue weighted by molar-refractivity contribution is 0.219. The molecule has 0 N–H and O–H groups in total. The largest absolute Gasteiger partial charge is 0.471 e. The van der Waals surface area contributed by atoms with E-state index in [9.17, 15) is 4.79 Å². The first kappa shape index (κ1) is 9.38. The van der Waals surface area contributed by atoms with Gasteiger partial charge in [0.15, 0.2) is 0 Å². The molecule has 70 valence electrons. The summed E-state index contributed by atoms with van der Waals surface area (Å²) in [5.74, 6) is 0. The van der Waals surface area contributed by atoms with E-state index in [0.717, 1.165) is 0 Å². The number of nitrogens with zero attached hydrogens (tertiary/aromatic N) is 2. The number of rotatable bonds is 0. The summed E-state index contributed by atoms with van der Waals surface area (Å²) in [4.78, 5) is 12.9. The van der Waals surface area contributed by atoms with E-state index < -0.39 is 0 Å². The van der Waals surface area contributed by atoms with Gasteiger partial charge in [0.05, 0.1) is 6.26 Å². The van der Waals surface area contributed by atoms with Gasteiger partial charge in [-0.1, -0.05) is 0 Å². The Balaban J connectivity index is 3.03. The van der Waals surface area contributed by atoms with E-state index in [2.05, 4.69) is 0 Å². The van der Waals surface area contributed by atoms with Crippen molar-refractivity contribution in [1.29, 1.82) is 0 Å². The Kier molecular flexibility index (Phi) is 3.14. The van der Waals surface area contributed by atoms with Gasteiger partial charge in [0, 0.05) is 26.5 Å². The van der Waals surface area contributed by atoms with Gasteiger partial charge in [0.2, 0.25) is 0 Å². The molecule has 0 aliphatic heterocycles. The van der Waals surface area contributed by atoms with Crippen molar-refractivity contribution in [2.75, 3.05) is 14.1 Å². The van der Waals surface area contributed by atoms with Gasteiger partial charge < -0.3 is 9.32 Å². The molecule has 4 nitrogen and oxygen atoms in total. The zero-order chi connectivity index (χ0) is 9.68. The first-order chi connectivity index (χ1) is 6.22. The van der Waals surface area contributed by atoms with Gasteiger partial charge in [-0.3, -0.25) is 4.57 Å². The zero-order valence-corrected chi connectivity index (χ0v) is 7.68. The first-order valence-electron chi connectivity index (χ1n) is 3.87. The van der Waals surface area contributed by atoms with Crippen LogP contribution in [0.2, 0.25) is 0 Å². The lowest BCUT2D eigenvalue weighted by atomic mass is 10.6. The highest BCUT2D eigenvalue weighted by atomic mass is 16.3. The summed E-state index contributed by atoms with van der Waals surface area (Å²) >= 11 is 0. The predicted octanol–water partition coefficient (Wildman–Crippen LogP) is 1.74. The van der Waals surface area contributed by atoms with Crippen LogP contribution >= 0.6 is 0 Å². The van der Waals surface area contributed by atoms with Crippen LogP contribution in [0.3, 0.4) is 0 Å². The molecule has 0 bridgehead atoms. The smallest absolute Gasteiger partial charge is 0.327 e. The van der Waals surface area contributed by atoms with Crippen molar-refractivity contribution in [2.24, 2.45) is 0 Å². The minimum atomic E-state index is -0.119. The van der Waals surface area contributed by atoms with Crippen molar-refractivity contribution in [3.63, 3.8) is 0 Å². The highest BCUT2D eigenvalue weighted by Gasteiger charge is 2.01. The van der Waals surface area contributed by atoms with Crippen molar-refractivity contribution in [1.82, 2.24) is 9.47 Å². The quantitative estimate of drug-likeness (QED) is 0.610. The Labute approximate surface area is 76.7 Å². The number of aromatic nitrogens is 1. The molecule has 0 spiro atoms. The van der Waals surface area contributed by atoms with E-state index in [0.29, 0.717) is 0 Å². The second-order valence-electron chi connectivity index (χ2n) is 2.68. The number of carbonyl (C=O) groups is 1. The minimum absolute atomic E-state index is 0.119. The van der Waals surface area contributed by atoms with E-state index in [1.54, 1.807) is 38.6 Å². The fourth-order valence-electron chi connectivity index (χ4n) is 0.787. The van der Waals surface area contributed by atoms with E-state index in [-0.39, 0.29) is 6.03 Å². The lowest BCUT2D eigenvalue weighted by Gasteiger charge is -2.10. The molecular weight excluding hydrogens is 168 g/mol. The molecule has 0 saturated heterocycles. The highest BCUT2D eigenvalue weighted by molar-refractivity contribution is 5.75. The molecule has 0 fully saturated rings. The average Bonchev–Trinajstić information content (AvgIpc) is 2.02. The number of hydrogen-bond acceptors (Lipinski definition) is 2. The Morgan fingerprint density at radius 3 is 2.69 bits per heavy atom. The second kappa shape index (κ2) is 4.35. The maximum atomic E-state index is 11.4. The summed E-state index contributed by atoms with van der Waals surface area (Å²) in [5, 5.41) is 0. The molecule has 0 aromatic carbocycles. The molecule has 1 aromatic heterocycles. The molecule has 1 amide bonds. The molecule has 0 saturated carbocycles. The molecule has 0 unspecified atom stereocenters. The van der Waals surface area contributed by atoms with E-state index >= 15 is 0 Å². The predicted molar refractivity (Wildman–Crippen MR) is 48.8 cm³/mol. The van der Waals surface area contributed by atoms with E-state index in [1.165, 1.54) is 22.0 Å². The third-order valence-corrected chi connectivity index (χ3v) is 1.42. The molecular formula is C9H12N2O2. The Morgan fingerprint density at radius 1 is 1.23 bits per heavy atom. The van der Waals surface area contributed by atoms with Crippen molar-refractivity contribution >= 4 is 6.03 Å². The Hall–Kier alpha value is -1.71. The average molecular weight is 180 g/mol. The van der Waals surface area contributed by atoms with Crippen LogP contribution < -0.4 is 0 Å². The van der Waals surface area contributed by atoms with Gasteiger partial charge in [-0.2, -0.15) is 0 Å².